The van der Waals surface area contributed by atoms with Gasteiger partial charge in [0.15, 0.2) is 0 Å². The lowest BCUT2D eigenvalue weighted by Gasteiger charge is -2.42. The van der Waals surface area contributed by atoms with Crippen LogP contribution in [0.15, 0.2) is 0 Å². The van der Waals surface area contributed by atoms with Crippen LogP contribution in [-0.4, -0.2) is 54.3 Å². The zero-order valence-electron chi connectivity index (χ0n) is 10.6. The van der Waals surface area contributed by atoms with Gasteiger partial charge in [0, 0.05) is 26.2 Å². The number of aliphatic carboxylic acids is 1. The summed E-state index contributed by atoms with van der Waals surface area (Å²) in [4.78, 5) is 10.8. The third kappa shape index (κ3) is 2.78. The van der Waals surface area contributed by atoms with Gasteiger partial charge in [-0.3, -0.25) is 4.79 Å². The number of hydrogen-bond acceptors (Lipinski definition) is 3. The lowest BCUT2D eigenvalue weighted by atomic mass is 9.89. The Hall–Kier alpha value is -0.660. The Morgan fingerprint density at radius 1 is 1.35 bits per heavy atom. The van der Waals surface area contributed by atoms with Crippen LogP contribution in [0.1, 0.15) is 20.8 Å². The van der Waals surface area contributed by atoms with Crippen LogP contribution in [0, 0.1) is 11.8 Å². The van der Waals surface area contributed by atoms with E-state index in [9.17, 15) is 13.2 Å². The number of hydrogen-bond donors (Lipinski definition) is 1. The first-order valence-corrected chi connectivity index (χ1v) is 7.03. The standard InChI is InChI=1S/C10H20N2O4S/c1-7(2)11(4)17(15,16)12-5-9(6-12)8(3)10(13)14/h7-9H,5-6H2,1-4H3,(H,13,14). The van der Waals surface area contributed by atoms with Crippen molar-refractivity contribution in [2.75, 3.05) is 20.1 Å². The summed E-state index contributed by atoms with van der Waals surface area (Å²) < 4.78 is 26.6. The zero-order chi connectivity index (χ0) is 13.4. The molecular formula is C10H20N2O4S. The van der Waals surface area contributed by atoms with Crippen molar-refractivity contribution in [1.29, 1.82) is 0 Å². The van der Waals surface area contributed by atoms with Crippen molar-refractivity contribution in [3.05, 3.63) is 0 Å². The Kier molecular flexibility index (Phi) is 4.16. The average molecular weight is 264 g/mol. The van der Waals surface area contributed by atoms with Gasteiger partial charge < -0.3 is 5.11 Å². The highest BCUT2D eigenvalue weighted by molar-refractivity contribution is 7.86. The van der Waals surface area contributed by atoms with Gasteiger partial charge in [-0.1, -0.05) is 6.92 Å². The molecule has 0 amide bonds. The van der Waals surface area contributed by atoms with E-state index in [0.717, 1.165) is 0 Å². The van der Waals surface area contributed by atoms with Crippen LogP contribution < -0.4 is 0 Å². The lowest BCUT2D eigenvalue weighted by Crippen LogP contribution is -2.57. The highest BCUT2D eigenvalue weighted by atomic mass is 32.2. The maximum Gasteiger partial charge on any atom is 0.306 e. The molecule has 1 fully saturated rings. The van der Waals surface area contributed by atoms with Gasteiger partial charge in [-0.2, -0.15) is 17.0 Å². The summed E-state index contributed by atoms with van der Waals surface area (Å²) in [5, 5.41) is 8.83. The van der Waals surface area contributed by atoms with Crippen molar-refractivity contribution in [2.45, 2.75) is 26.8 Å². The second-order valence-electron chi connectivity index (χ2n) is 4.82. The molecule has 1 aliphatic heterocycles. The van der Waals surface area contributed by atoms with E-state index in [0.29, 0.717) is 13.1 Å². The Morgan fingerprint density at radius 3 is 2.18 bits per heavy atom. The first-order chi connectivity index (χ1) is 7.67. The molecule has 1 unspecified atom stereocenters. The van der Waals surface area contributed by atoms with Crippen molar-refractivity contribution < 1.29 is 18.3 Å². The van der Waals surface area contributed by atoms with Gasteiger partial charge in [0.2, 0.25) is 0 Å². The van der Waals surface area contributed by atoms with Crippen molar-refractivity contribution in [3.63, 3.8) is 0 Å². The van der Waals surface area contributed by atoms with Crippen molar-refractivity contribution in [3.8, 4) is 0 Å². The minimum atomic E-state index is -3.42. The first kappa shape index (κ1) is 14.4. The highest BCUT2D eigenvalue weighted by Gasteiger charge is 2.42. The molecular weight excluding hydrogens is 244 g/mol. The zero-order valence-corrected chi connectivity index (χ0v) is 11.4. The molecule has 1 aliphatic rings. The van der Waals surface area contributed by atoms with Crippen molar-refractivity contribution in [1.82, 2.24) is 8.61 Å². The molecule has 0 aliphatic carbocycles. The van der Waals surface area contributed by atoms with Gasteiger partial charge in [-0.25, -0.2) is 0 Å². The molecule has 1 saturated heterocycles. The highest BCUT2D eigenvalue weighted by Crippen LogP contribution is 2.28. The summed E-state index contributed by atoms with van der Waals surface area (Å²) in [7, 11) is -1.88. The number of carboxylic acids is 1. The molecule has 0 aromatic rings. The molecule has 0 bridgehead atoms. The van der Waals surface area contributed by atoms with E-state index in [1.807, 2.05) is 0 Å². The van der Waals surface area contributed by atoms with Crippen LogP contribution >= 0.6 is 0 Å². The Morgan fingerprint density at radius 2 is 1.82 bits per heavy atom. The minimum Gasteiger partial charge on any atom is -0.481 e. The Labute approximate surface area is 102 Å². The molecule has 1 atom stereocenters. The van der Waals surface area contributed by atoms with Crippen LogP contribution in [-0.2, 0) is 15.0 Å². The summed E-state index contributed by atoms with van der Waals surface area (Å²) in [6, 6.07) is -0.101. The predicted molar refractivity (Wildman–Crippen MR) is 63.7 cm³/mol. The van der Waals surface area contributed by atoms with Gasteiger partial charge in [0.05, 0.1) is 5.92 Å². The second kappa shape index (κ2) is 4.91. The third-order valence-corrected chi connectivity index (χ3v) is 5.49. The quantitative estimate of drug-likeness (QED) is 0.770. The summed E-state index contributed by atoms with van der Waals surface area (Å²) >= 11 is 0. The number of carbonyl (C=O) groups is 1. The van der Waals surface area contributed by atoms with E-state index in [4.69, 9.17) is 5.11 Å². The van der Waals surface area contributed by atoms with E-state index < -0.39 is 22.1 Å². The topological polar surface area (TPSA) is 77.9 Å². The van der Waals surface area contributed by atoms with Crippen LogP contribution in [0.5, 0.6) is 0 Å². The molecule has 17 heavy (non-hydrogen) atoms. The molecule has 6 nitrogen and oxygen atoms in total. The monoisotopic (exact) mass is 264 g/mol. The van der Waals surface area contributed by atoms with Crippen molar-refractivity contribution in [2.24, 2.45) is 11.8 Å². The van der Waals surface area contributed by atoms with E-state index in [-0.39, 0.29) is 12.0 Å². The molecule has 0 aromatic heterocycles. The van der Waals surface area contributed by atoms with E-state index in [2.05, 4.69) is 0 Å². The molecule has 0 spiro atoms. The van der Waals surface area contributed by atoms with Crippen molar-refractivity contribution >= 4 is 16.2 Å². The van der Waals surface area contributed by atoms with Gasteiger partial charge in [-0.05, 0) is 19.8 Å². The largest absolute Gasteiger partial charge is 0.481 e. The third-order valence-electron chi connectivity index (χ3n) is 3.39. The van der Waals surface area contributed by atoms with Gasteiger partial charge in [0.25, 0.3) is 10.2 Å². The molecule has 7 heteroatoms. The molecule has 1 rings (SSSR count). The molecule has 0 saturated carbocycles. The average Bonchev–Trinajstić information content (AvgIpc) is 2.13. The SMILES string of the molecule is CC(C(=O)O)C1CN(S(=O)(=O)N(C)C(C)C)C1. The van der Waals surface area contributed by atoms with E-state index >= 15 is 0 Å². The molecule has 1 N–H and O–H groups in total. The maximum absolute atomic E-state index is 12.0. The predicted octanol–water partition coefficient (Wildman–Crippen LogP) is 0.224. The van der Waals surface area contributed by atoms with Crippen LogP contribution in [0.2, 0.25) is 0 Å². The van der Waals surface area contributed by atoms with Crippen LogP contribution in [0.25, 0.3) is 0 Å². The molecule has 0 radical (unpaired) electrons. The van der Waals surface area contributed by atoms with Gasteiger partial charge in [0.1, 0.15) is 0 Å². The number of nitrogens with zero attached hydrogens (tertiary/aromatic N) is 2. The molecule has 0 aromatic carbocycles. The fourth-order valence-electron chi connectivity index (χ4n) is 1.62. The molecule has 100 valence electrons. The second-order valence-corrected chi connectivity index (χ2v) is 6.81. The summed E-state index contributed by atoms with van der Waals surface area (Å²) in [5.41, 5.74) is 0. The Bertz CT molecular complexity index is 387. The lowest BCUT2D eigenvalue weighted by molar-refractivity contribution is -0.144. The van der Waals surface area contributed by atoms with E-state index in [1.165, 1.54) is 15.7 Å². The summed E-state index contributed by atoms with van der Waals surface area (Å²) in [5.74, 6) is -1.45. The summed E-state index contributed by atoms with van der Waals surface area (Å²) in [6.45, 7) is 5.81. The number of rotatable bonds is 5. The minimum absolute atomic E-state index is 0.0807. The first-order valence-electron chi connectivity index (χ1n) is 5.63. The summed E-state index contributed by atoms with van der Waals surface area (Å²) in [6.07, 6.45) is 0. The van der Waals surface area contributed by atoms with Gasteiger partial charge >= 0.3 is 5.97 Å². The fourth-order valence-corrected chi connectivity index (χ4v) is 3.28. The normalized spacial score (nSPS) is 20.6. The van der Waals surface area contributed by atoms with Crippen LogP contribution in [0.3, 0.4) is 0 Å². The van der Waals surface area contributed by atoms with Gasteiger partial charge in [-0.15, -0.1) is 0 Å². The number of carboxylic acid groups (broad SMARTS) is 1. The maximum atomic E-state index is 12.0. The Balaban J connectivity index is 2.61. The van der Waals surface area contributed by atoms with Crippen LogP contribution in [0.4, 0.5) is 0 Å². The smallest absolute Gasteiger partial charge is 0.306 e. The molecule has 1 heterocycles. The fraction of sp³-hybridized carbons (Fsp3) is 0.900. The van der Waals surface area contributed by atoms with E-state index in [1.54, 1.807) is 20.8 Å².